The summed E-state index contributed by atoms with van der Waals surface area (Å²) in [6.45, 7) is 7.62. The first kappa shape index (κ1) is 15.4. The van der Waals surface area contributed by atoms with E-state index in [2.05, 4.69) is 55.7 Å². The maximum absolute atomic E-state index is 6.13. The highest BCUT2D eigenvalue weighted by Crippen LogP contribution is 2.40. The van der Waals surface area contributed by atoms with Crippen molar-refractivity contribution >= 4 is 5.69 Å². The van der Waals surface area contributed by atoms with Crippen LogP contribution in [0, 0.1) is 11.8 Å². The SMILES string of the molecule is CC(C)C/C=C(\N)Nc1ccc(C2OC3CNC2C3C)cc1. The van der Waals surface area contributed by atoms with Gasteiger partial charge in [0.25, 0.3) is 0 Å². The molecule has 0 aliphatic carbocycles. The van der Waals surface area contributed by atoms with Gasteiger partial charge in [-0.15, -0.1) is 0 Å². The Hall–Kier alpha value is -1.52. The molecule has 4 atom stereocenters. The van der Waals surface area contributed by atoms with E-state index >= 15 is 0 Å². The maximum atomic E-state index is 6.13. The van der Waals surface area contributed by atoms with Gasteiger partial charge >= 0.3 is 0 Å². The largest absolute Gasteiger partial charge is 0.386 e. The van der Waals surface area contributed by atoms with Gasteiger partial charge in [0.1, 0.15) is 0 Å². The molecule has 2 bridgehead atoms. The van der Waals surface area contributed by atoms with Gasteiger partial charge in [0.15, 0.2) is 0 Å². The van der Waals surface area contributed by atoms with Gasteiger partial charge in [-0.1, -0.05) is 32.9 Å². The fraction of sp³-hybridized carbons (Fsp3) is 0.556. The lowest BCUT2D eigenvalue weighted by Gasteiger charge is -2.24. The van der Waals surface area contributed by atoms with E-state index in [0.29, 0.717) is 29.8 Å². The molecule has 0 aromatic heterocycles. The van der Waals surface area contributed by atoms with Crippen molar-refractivity contribution < 1.29 is 4.74 Å². The minimum Gasteiger partial charge on any atom is -0.386 e. The lowest BCUT2D eigenvalue weighted by Crippen LogP contribution is -2.34. The molecule has 0 amide bonds. The second-order valence-corrected chi connectivity index (χ2v) is 6.92. The van der Waals surface area contributed by atoms with Gasteiger partial charge in [-0.3, -0.25) is 0 Å². The summed E-state index contributed by atoms with van der Waals surface area (Å²) in [5.74, 6) is 1.93. The third kappa shape index (κ3) is 3.13. The Morgan fingerprint density at radius 1 is 1.41 bits per heavy atom. The molecule has 0 spiro atoms. The number of ether oxygens (including phenoxy) is 1. The number of morpholine rings is 1. The number of nitrogens with two attached hydrogens (primary N) is 1. The molecule has 0 radical (unpaired) electrons. The maximum Gasteiger partial charge on any atom is 0.0986 e. The first-order valence-corrected chi connectivity index (χ1v) is 8.26. The quantitative estimate of drug-likeness (QED) is 0.782. The van der Waals surface area contributed by atoms with Gasteiger partial charge in [-0.2, -0.15) is 0 Å². The Balaban J connectivity index is 1.63. The van der Waals surface area contributed by atoms with E-state index in [4.69, 9.17) is 10.5 Å². The number of hydrogen-bond donors (Lipinski definition) is 3. The predicted octanol–water partition coefficient (Wildman–Crippen LogP) is 2.99. The second kappa shape index (κ2) is 6.31. The number of benzene rings is 1. The van der Waals surface area contributed by atoms with Gasteiger partial charge in [0, 0.05) is 24.2 Å². The molecule has 2 fully saturated rings. The molecule has 120 valence electrons. The van der Waals surface area contributed by atoms with Crippen LogP contribution in [0.2, 0.25) is 0 Å². The third-order valence-corrected chi connectivity index (χ3v) is 4.69. The lowest BCUT2D eigenvalue weighted by molar-refractivity contribution is 0.0125. The molecule has 4 heteroatoms. The number of anilines is 1. The molecule has 2 aliphatic rings. The highest BCUT2D eigenvalue weighted by atomic mass is 16.5. The van der Waals surface area contributed by atoms with Gasteiger partial charge in [0.05, 0.1) is 18.0 Å². The molecule has 4 unspecified atom stereocenters. The smallest absolute Gasteiger partial charge is 0.0986 e. The molecule has 2 heterocycles. The van der Waals surface area contributed by atoms with Crippen molar-refractivity contribution in [1.82, 2.24) is 5.32 Å². The standard InChI is InChI=1S/C18H27N3O/c1-11(2)4-9-16(19)21-14-7-5-13(6-8-14)18-17-12(3)15(22-18)10-20-17/h5-9,11-12,15,17-18,20-21H,4,10,19H2,1-3H3/b16-9+. The minimum absolute atomic E-state index is 0.177. The molecule has 1 aromatic rings. The molecule has 0 saturated carbocycles. The lowest BCUT2D eigenvalue weighted by atomic mass is 9.96. The van der Waals surface area contributed by atoms with Crippen LogP contribution >= 0.6 is 0 Å². The van der Waals surface area contributed by atoms with Crippen molar-refractivity contribution in [3.63, 3.8) is 0 Å². The van der Waals surface area contributed by atoms with Crippen molar-refractivity contribution in [2.45, 2.75) is 45.4 Å². The molecule has 22 heavy (non-hydrogen) atoms. The molecule has 1 aromatic carbocycles. The highest BCUT2D eigenvalue weighted by Gasteiger charge is 2.47. The number of hydrogen-bond acceptors (Lipinski definition) is 4. The van der Waals surface area contributed by atoms with Crippen LogP contribution in [0.25, 0.3) is 0 Å². The zero-order valence-corrected chi connectivity index (χ0v) is 13.7. The Morgan fingerprint density at radius 3 is 2.68 bits per heavy atom. The fourth-order valence-electron chi connectivity index (χ4n) is 3.31. The zero-order chi connectivity index (χ0) is 15.7. The van der Waals surface area contributed by atoms with Gasteiger partial charge in [0.2, 0.25) is 0 Å². The molecule has 4 nitrogen and oxygen atoms in total. The van der Waals surface area contributed by atoms with Gasteiger partial charge in [-0.05, 0) is 36.1 Å². The Morgan fingerprint density at radius 2 is 2.14 bits per heavy atom. The zero-order valence-electron chi connectivity index (χ0n) is 13.7. The summed E-state index contributed by atoms with van der Waals surface area (Å²) in [5, 5.41) is 6.80. The molecule has 4 N–H and O–H groups in total. The number of allylic oxidation sites excluding steroid dienone is 1. The van der Waals surface area contributed by atoms with Crippen LogP contribution in [0.5, 0.6) is 0 Å². The van der Waals surface area contributed by atoms with Crippen LogP contribution in [0.3, 0.4) is 0 Å². The molecule has 3 rings (SSSR count). The van der Waals surface area contributed by atoms with E-state index in [9.17, 15) is 0 Å². The summed E-state index contributed by atoms with van der Waals surface area (Å²) >= 11 is 0. The third-order valence-electron chi connectivity index (χ3n) is 4.69. The van der Waals surface area contributed by atoms with E-state index in [1.807, 2.05) is 6.08 Å². The summed E-state index contributed by atoms with van der Waals surface area (Å²) in [4.78, 5) is 0. The van der Waals surface area contributed by atoms with E-state index in [-0.39, 0.29) is 6.10 Å². The predicted molar refractivity (Wildman–Crippen MR) is 90.4 cm³/mol. The van der Waals surface area contributed by atoms with E-state index in [1.165, 1.54) is 5.56 Å². The van der Waals surface area contributed by atoms with Gasteiger partial charge < -0.3 is 21.1 Å². The molecular weight excluding hydrogens is 274 g/mol. The summed E-state index contributed by atoms with van der Waals surface area (Å²) in [5.41, 5.74) is 8.25. The van der Waals surface area contributed by atoms with Crippen molar-refractivity contribution in [3.8, 4) is 0 Å². The summed E-state index contributed by atoms with van der Waals surface area (Å²) in [6.07, 6.45) is 3.57. The minimum atomic E-state index is 0.177. The summed E-state index contributed by atoms with van der Waals surface area (Å²) in [7, 11) is 0. The fourth-order valence-corrected chi connectivity index (χ4v) is 3.31. The van der Waals surface area contributed by atoms with Crippen LogP contribution in [-0.4, -0.2) is 18.7 Å². The molecular formula is C18H27N3O. The Bertz CT molecular complexity index is 538. The van der Waals surface area contributed by atoms with Crippen LogP contribution < -0.4 is 16.4 Å². The molecule has 2 aliphatic heterocycles. The van der Waals surface area contributed by atoms with Crippen LogP contribution in [0.1, 0.15) is 38.9 Å². The normalized spacial score (nSPS) is 31.0. The first-order chi connectivity index (χ1) is 10.5. The van der Waals surface area contributed by atoms with Crippen molar-refractivity contribution in [1.29, 1.82) is 0 Å². The average molecular weight is 301 g/mol. The van der Waals surface area contributed by atoms with Gasteiger partial charge in [-0.25, -0.2) is 0 Å². The van der Waals surface area contributed by atoms with E-state index in [0.717, 1.165) is 18.7 Å². The Labute approximate surface area is 133 Å². The van der Waals surface area contributed by atoms with Crippen LogP contribution in [0.4, 0.5) is 5.69 Å². The summed E-state index contributed by atoms with van der Waals surface area (Å²) < 4.78 is 6.13. The number of fused-ring (bicyclic) bond motifs is 2. The average Bonchev–Trinajstić information content (AvgIpc) is 3.01. The Kier molecular flexibility index (Phi) is 4.41. The molecule has 2 saturated heterocycles. The van der Waals surface area contributed by atoms with E-state index < -0.39 is 0 Å². The number of rotatable bonds is 5. The first-order valence-electron chi connectivity index (χ1n) is 8.26. The second-order valence-electron chi connectivity index (χ2n) is 6.92. The van der Waals surface area contributed by atoms with Crippen molar-refractivity contribution in [3.05, 3.63) is 41.7 Å². The van der Waals surface area contributed by atoms with E-state index in [1.54, 1.807) is 0 Å². The van der Waals surface area contributed by atoms with Crippen LogP contribution in [0.15, 0.2) is 36.2 Å². The number of nitrogens with one attached hydrogen (secondary N) is 2. The van der Waals surface area contributed by atoms with Crippen LogP contribution in [-0.2, 0) is 4.74 Å². The summed E-state index contributed by atoms with van der Waals surface area (Å²) in [6, 6.07) is 8.87. The van der Waals surface area contributed by atoms with Crippen molar-refractivity contribution in [2.24, 2.45) is 17.6 Å². The highest BCUT2D eigenvalue weighted by molar-refractivity contribution is 5.49. The van der Waals surface area contributed by atoms with Crippen molar-refractivity contribution in [2.75, 3.05) is 11.9 Å². The monoisotopic (exact) mass is 301 g/mol. The topological polar surface area (TPSA) is 59.3 Å².